The minimum Gasteiger partial charge on any atom is -0.384 e. The van der Waals surface area contributed by atoms with Crippen molar-refractivity contribution in [3.05, 3.63) is 15.0 Å². The number of nitrogens with zero attached hydrogens (tertiary/aromatic N) is 2. The van der Waals surface area contributed by atoms with E-state index in [0.29, 0.717) is 0 Å². The molecule has 1 aliphatic rings. The molecule has 1 aliphatic heterocycles. The maximum Gasteiger partial charge on any atom is 0.123 e. The second kappa shape index (κ2) is 4.49. The van der Waals surface area contributed by atoms with Crippen molar-refractivity contribution in [1.82, 2.24) is 9.88 Å². The molecule has 1 saturated heterocycles. The van der Waals surface area contributed by atoms with Crippen molar-refractivity contribution >= 4 is 27.3 Å². The Bertz CT molecular complexity index is 334. The van der Waals surface area contributed by atoms with Gasteiger partial charge in [0, 0.05) is 13.1 Å². The molecule has 2 rings (SSSR count). The van der Waals surface area contributed by atoms with Crippen molar-refractivity contribution in [3.8, 4) is 0 Å². The Labute approximate surface area is 102 Å². The third kappa shape index (κ3) is 2.25. The molecule has 1 N–H and O–H groups in total. The van der Waals surface area contributed by atoms with Gasteiger partial charge in [0.15, 0.2) is 0 Å². The summed E-state index contributed by atoms with van der Waals surface area (Å²) in [6, 6.07) is 0. The van der Waals surface area contributed by atoms with E-state index < -0.39 is 5.60 Å². The van der Waals surface area contributed by atoms with Gasteiger partial charge in [0.05, 0.1) is 10.4 Å². The molecule has 0 atom stereocenters. The number of rotatable bonds is 2. The SMILES string of the molecule is CCN1CCC(O)(c2scnc2Br)CC1. The summed E-state index contributed by atoms with van der Waals surface area (Å²) in [5.74, 6) is 0. The Morgan fingerprint density at radius 2 is 2.27 bits per heavy atom. The van der Waals surface area contributed by atoms with Gasteiger partial charge in [0.2, 0.25) is 0 Å². The first-order chi connectivity index (χ1) is 7.15. The normalized spacial score (nSPS) is 21.8. The number of piperidine rings is 1. The third-order valence-electron chi connectivity index (χ3n) is 3.08. The van der Waals surface area contributed by atoms with E-state index in [9.17, 15) is 5.11 Å². The van der Waals surface area contributed by atoms with Gasteiger partial charge in [-0.25, -0.2) is 4.98 Å². The Kier molecular flexibility index (Phi) is 3.45. The van der Waals surface area contributed by atoms with Crippen molar-refractivity contribution in [1.29, 1.82) is 0 Å². The van der Waals surface area contributed by atoms with Gasteiger partial charge >= 0.3 is 0 Å². The van der Waals surface area contributed by atoms with E-state index in [4.69, 9.17) is 0 Å². The van der Waals surface area contributed by atoms with Crippen LogP contribution in [0.4, 0.5) is 0 Å². The van der Waals surface area contributed by atoms with Gasteiger partial charge in [-0.15, -0.1) is 11.3 Å². The highest BCUT2D eigenvalue weighted by molar-refractivity contribution is 9.10. The average Bonchev–Trinajstić information content (AvgIpc) is 2.66. The minimum absolute atomic E-state index is 0.661. The van der Waals surface area contributed by atoms with Crippen LogP contribution >= 0.6 is 27.3 Å². The summed E-state index contributed by atoms with van der Waals surface area (Å²) in [4.78, 5) is 7.49. The summed E-state index contributed by atoms with van der Waals surface area (Å²) in [6.45, 7) is 5.17. The summed E-state index contributed by atoms with van der Waals surface area (Å²) in [7, 11) is 0. The molecule has 0 aliphatic carbocycles. The molecule has 0 spiro atoms. The molecule has 1 fully saturated rings. The van der Waals surface area contributed by atoms with Crippen molar-refractivity contribution in [2.75, 3.05) is 19.6 Å². The van der Waals surface area contributed by atoms with Crippen molar-refractivity contribution in [3.63, 3.8) is 0 Å². The largest absolute Gasteiger partial charge is 0.384 e. The molecule has 15 heavy (non-hydrogen) atoms. The molecule has 0 unspecified atom stereocenters. The van der Waals surface area contributed by atoms with E-state index in [1.54, 1.807) is 5.51 Å². The highest BCUT2D eigenvalue weighted by Gasteiger charge is 2.36. The van der Waals surface area contributed by atoms with Crippen LogP contribution in [0.3, 0.4) is 0 Å². The molecule has 0 amide bonds. The van der Waals surface area contributed by atoms with Crippen LogP contribution in [0.5, 0.6) is 0 Å². The molecular formula is C10H15BrN2OS. The summed E-state index contributed by atoms with van der Waals surface area (Å²) < 4.78 is 0.806. The first kappa shape index (κ1) is 11.5. The van der Waals surface area contributed by atoms with E-state index in [1.807, 2.05) is 0 Å². The van der Waals surface area contributed by atoms with Gasteiger partial charge in [0.25, 0.3) is 0 Å². The van der Waals surface area contributed by atoms with E-state index >= 15 is 0 Å². The lowest BCUT2D eigenvalue weighted by Gasteiger charge is -2.37. The monoisotopic (exact) mass is 290 g/mol. The van der Waals surface area contributed by atoms with Gasteiger partial charge in [-0.3, -0.25) is 0 Å². The quantitative estimate of drug-likeness (QED) is 0.907. The predicted molar refractivity (Wildman–Crippen MR) is 65.1 cm³/mol. The molecule has 3 nitrogen and oxygen atoms in total. The lowest BCUT2D eigenvalue weighted by Crippen LogP contribution is -2.42. The van der Waals surface area contributed by atoms with Gasteiger partial charge in [-0.2, -0.15) is 0 Å². The van der Waals surface area contributed by atoms with Gasteiger partial charge in [-0.05, 0) is 35.3 Å². The second-order valence-corrected chi connectivity index (χ2v) is 5.54. The summed E-state index contributed by atoms with van der Waals surface area (Å²) in [6.07, 6.45) is 1.61. The number of halogens is 1. The number of hydrogen-bond acceptors (Lipinski definition) is 4. The topological polar surface area (TPSA) is 36.4 Å². The zero-order valence-electron chi connectivity index (χ0n) is 8.74. The number of likely N-dealkylation sites (tertiary alicyclic amines) is 1. The fraction of sp³-hybridized carbons (Fsp3) is 0.700. The van der Waals surface area contributed by atoms with Crippen LogP contribution in [0.1, 0.15) is 24.6 Å². The van der Waals surface area contributed by atoms with Crippen LogP contribution in [0.25, 0.3) is 0 Å². The smallest absolute Gasteiger partial charge is 0.123 e. The zero-order chi connectivity index (χ0) is 10.9. The number of hydrogen-bond donors (Lipinski definition) is 1. The van der Waals surface area contributed by atoms with Gasteiger partial charge in [-0.1, -0.05) is 6.92 Å². The molecule has 0 radical (unpaired) electrons. The van der Waals surface area contributed by atoms with Crippen molar-refractivity contribution < 1.29 is 5.11 Å². The molecule has 0 saturated carbocycles. The summed E-state index contributed by atoms with van der Waals surface area (Å²) >= 11 is 4.93. The van der Waals surface area contributed by atoms with E-state index in [0.717, 1.165) is 42.0 Å². The first-order valence-corrected chi connectivity index (χ1v) is 6.87. The zero-order valence-corrected chi connectivity index (χ0v) is 11.1. The van der Waals surface area contributed by atoms with Crippen molar-refractivity contribution in [2.24, 2.45) is 0 Å². The summed E-state index contributed by atoms with van der Waals surface area (Å²) in [5.41, 5.74) is 1.12. The Morgan fingerprint density at radius 3 is 2.73 bits per heavy atom. The van der Waals surface area contributed by atoms with Gasteiger partial charge < -0.3 is 10.0 Å². The fourth-order valence-electron chi connectivity index (χ4n) is 2.00. The minimum atomic E-state index is -0.661. The fourth-order valence-corrected chi connectivity index (χ4v) is 3.72. The van der Waals surface area contributed by atoms with E-state index in [2.05, 4.69) is 32.7 Å². The van der Waals surface area contributed by atoms with Crippen LogP contribution in [-0.4, -0.2) is 34.6 Å². The number of aliphatic hydroxyl groups is 1. The maximum absolute atomic E-state index is 10.5. The van der Waals surface area contributed by atoms with Crippen molar-refractivity contribution in [2.45, 2.75) is 25.4 Å². The standard InChI is InChI=1S/C10H15BrN2OS/c1-2-13-5-3-10(14,4-6-13)8-9(11)12-7-15-8/h7,14H,2-6H2,1H3. The molecule has 84 valence electrons. The highest BCUT2D eigenvalue weighted by atomic mass is 79.9. The van der Waals surface area contributed by atoms with Crippen LogP contribution in [0, 0.1) is 0 Å². The molecule has 2 heterocycles. The highest BCUT2D eigenvalue weighted by Crippen LogP contribution is 2.38. The predicted octanol–water partition coefficient (Wildman–Crippen LogP) is 2.21. The maximum atomic E-state index is 10.5. The van der Waals surface area contributed by atoms with Crippen LogP contribution < -0.4 is 0 Å². The number of aromatic nitrogens is 1. The third-order valence-corrected chi connectivity index (χ3v) is 4.96. The van der Waals surface area contributed by atoms with E-state index in [-0.39, 0.29) is 0 Å². The summed E-state index contributed by atoms with van der Waals surface area (Å²) in [5, 5.41) is 10.5. The van der Waals surface area contributed by atoms with Crippen LogP contribution in [0.15, 0.2) is 10.1 Å². The lowest BCUT2D eigenvalue weighted by atomic mass is 9.90. The molecule has 1 aromatic heterocycles. The van der Waals surface area contributed by atoms with E-state index in [1.165, 1.54) is 11.3 Å². The Balaban J connectivity index is 2.13. The number of thiazole rings is 1. The molecule has 0 bridgehead atoms. The molecule has 1 aromatic rings. The van der Waals surface area contributed by atoms with Crippen LogP contribution in [0.2, 0.25) is 0 Å². The lowest BCUT2D eigenvalue weighted by molar-refractivity contribution is -0.0224. The first-order valence-electron chi connectivity index (χ1n) is 5.20. The Hall–Kier alpha value is 0.0300. The average molecular weight is 291 g/mol. The molecule has 5 heteroatoms. The van der Waals surface area contributed by atoms with Gasteiger partial charge in [0.1, 0.15) is 10.2 Å². The second-order valence-electron chi connectivity index (χ2n) is 3.94. The molecule has 0 aromatic carbocycles. The molecular weight excluding hydrogens is 276 g/mol. The van der Waals surface area contributed by atoms with Crippen LogP contribution in [-0.2, 0) is 5.60 Å². The Morgan fingerprint density at radius 1 is 1.60 bits per heavy atom.